The molecule has 0 spiro atoms. The van der Waals surface area contributed by atoms with E-state index in [1.54, 1.807) is 6.92 Å². The molecule has 0 aromatic heterocycles. The molecule has 0 rings (SSSR count). The van der Waals surface area contributed by atoms with Crippen LogP contribution in [0.1, 0.15) is 53.4 Å². The second-order valence-electron chi connectivity index (χ2n) is 5.90. The molecule has 0 bridgehead atoms. The van der Waals surface area contributed by atoms with E-state index in [0.29, 0.717) is 19.8 Å². The fourth-order valence-corrected chi connectivity index (χ4v) is 0.500. The normalized spacial score (nSPS) is 10.6. The number of hydrogen-bond donors (Lipinski definition) is 4. The van der Waals surface area contributed by atoms with Gasteiger partial charge in [0.1, 0.15) is 0 Å². The zero-order valence-electron chi connectivity index (χ0n) is 16.4. The maximum absolute atomic E-state index is 8.73. The zero-order valence-corrected chi connectivity index (χ0v) is 19.9. The molecule has 0 aromatic rings. The van der Waals surface area contributed by atoms with E-state index in [1.807, 2.05) is 33.5 Å². The second kappa shape index (κ2) is 30.7. The second-order valence-corrected chi connectivity index (χ2v) is 10.2. The summed E-state index contributed by atoms with van der Waals surface area (Å²) in [4.78, 5) is 8.66. The molecule has 0 aliphatic rings. The summed E-state index contributed by atoms with van der Waals surface area (Å²) in [5, 5.41) is 24.5. The maximum atomic E-state index is 8.73. The Morgan fingerprint density at radius 1 is 0.913 bits per heavy atom. The topological polar surface area (TPSA) is 90.2 Å². The Bertz CT molecular complexity index is 153. The van der Waals surface area contributed by atoms with E-state index in [9.17, 15) is 0 Å². The molecule has 0 amide bonds. The monoisotopic (exact) mass is 432 g/mol. The van der Waals surface area contributed by atoms with E-state index < -0.39 is 8.32 Å². The number of aliphatic hydroxyl groups excluding tert-OH is 3. The van der Waals surface area contributed by atoms with Gasteiger partial charge in [0, 0.05) is 46.0 Å². The molecule has 0 radical (unpaired) electrons. The Balaban J connectivity index is -0.0000000666. The van der Waals surface area contributed by atoms with E-state index in [-0.39, 0.29) is 32.3 Å². The van der Waals surface area contributed by atoms with Crippen molar-refractivity contribution >= 4 is 8.32 Å². The van der Waals surface area contributed by atoms with Crippen LogP contribution in [0.2, 0.25) is 19.6 Å². The van der Waals surface area contributed by atoms with Gasteiger partial charge in [-0.15, -0.1) is 0 Å². The standard InChI is InChI=1S/C7H16O2.C3H10OSi.2C3H8O.Zr/c1-3-4-5-9-6-7(2)8;1-5(2,3)4;2*1-2-3-4;/h7-8H,3-6H2,1-2H3;4H,1-3H3;2*4H,2-3H2,1H3;. The molecule has 7 heteroatoms. The Labute approximate surface area is 164 Å². The predicted molar refractivity (Wildman–Crippen MR) is 97.7 cm³/mol. The molecular formula is C16H42O5SiZr. The van der Waals surface area contributed by atoms with E-state index in [1.165, 1.54) is 0 Å². The van der Waals surface area contributed by atoms with Crippen molar-refractivity contribution in [3.8, 4) is 0 Å². The summed E-state index contributed by atoms with van der Waals surface area (Å²) in [6.45, 7) is 15.2. The Morgan fingerprint density at radius 3 is 1.39 bits per heavy atom. The minimum absolute atomic E-state index is 0. The first-order valence-corrected chi connectivity index (χ1v) is 11.7. The predicted octanol–water partition coefficient (Wildman–Crippen LogP) is 2.77. The Morgan fingerprint density at radius 2 is 1.22 bits per heavy atom. The molecule has 1 atom stereocenters. The van der Waals surface area contributed by atoms with Gasteiger partial charge >= 0.3 is 0 Å². The van der Waals surface area contributed by atoms with Gasteiger partial charge < -0.3 is 24.9 Å². The van der Waals surface area contributed by atoms with Crippen LogP contribution in [0.25, 0.3) is 0 Å². The largest absolute Gasteiger partial charge is 0.433 e. The van der Waals surface area contributed by atoms with Crippen LogP contribution in [0.5, 0.6) is 0 Å². The molecule has 0 aromatic carbocycles. The summed E-state index contributed by atoms with van der Waals surface area (Å²) in [7, 11) is -1.61. The van der Waals surface area contributed by atoms with E-state index in [4.69, 9.17) is 24.9 Å². The fourth-order valence-electron chi connectivity index (χ4n) is 0.500. The SMILES string of the molecule is CCCCOCC(C)O.CCCO.CCCO.C[Si](C)(C)O.[Zr]. The minimum Gasteiger partial charge on any atom is -0.433 e. The van der Waals surface area contributed by atoms with Crippen molar-refractivity contribution in [2.24, 2.45) is 0 Å². The van der Waals surface area contributed by atoms with Crippen molar-refractivity contribution in [1.82, 2.24) is 0 Å². The quantitative estimate of drug-likeness (QED) is 0.366. The van der Waals surface area contributed by atoms with Gasteiger partial charge in [0.25, 0.3) is 0 Å². The smallest absolute Gasteiger partial charge is 0.179 e. The van der Waals surface area contributed by atoms with Gasteiger partial charge in [0.05, 0.1) is 12.7 Å². The molecule has 0 saturated heterocycles. The summed E-state index contributed by atoms with van der Waals surface area (Å²) in [5.74, 6) is 0. The van der Waals surface area contributed by atoms with Crippen LogP contribution in [0.3, 0.4) is 0 Å². The molecule has 0 aliphatic heterocycles. The first kappa shape index (κ1) is 35.1. The number of rotatable bonds is 7. The van der Waals surface area contributed by atoms with Crippen molar-refractivity contribution < 1.29 is 51.1 Å². The van der Waals surface area contributed by atoms with Crippen LogP contribution in [0.4, 0.5) is 0 Å². The summed E-state index contributed by atoms with van der Waals surface area (Å²) < 4.78 is 5.09. The third-order valence-electron chi connectivity index (χ3n) is 1.45. The van der Waals surface area contributed by atoms with E-state index >= 15 is 0 Å². The average Bonchev–Trinajstić information content (AvgIpc) is 2.42. The van der Waals surface area contributed by atoms with Crippen molar-refractivity contribution in [3.05, 3.63) is 0 Å². The molecule has 1 unspecified atom stereocenters. The summed E-state index contributed by atoms with van der Waals surface area (Å²) >= 11 is 0. The van der Waals surface area contributed by atoms with Crippen molar-refractivity contribution in [1.29, 1.82) is 0 Å². The van der Waals surface area contributed by atoms with Crippen molar-refractivity contribution in [3.63, 3.8) is 0 Å². The van der Waals surface area contributed by atoms with Gasteiger partial charge in [-0.2, -0.15) is 0 Å². The minimum atomic E-state index is -1.61. The zero-order chi connectivity index (χ0) is 18.4. The van der Waals surface area contributed by atoms with Crippen LogP contribution >= 0.6 is 0 Å². The molecule has 4 N–H and O–H groups in total. The summed E-state index contributed by atoms with van der Waals surface area (Å²) in [6, 6.07) is 0. The third-order valence-corrected chi connectivity index (χ3v) is 1.45. The molecule has 23 heavy (non-hydrogen) atoms. The van der Waals surface area contributed by atoms with Crippen LogP contribution < -0.4 is 0 Å². The van der Waals surface area contributed by atoms with Crippen molar-refractivity contribution in [2.45, 2.75) is 79.1 Å². The van der Waals surface area contributed by atoms with Crippen LogP contribution in [-0.4, -0.2) is 61.0 Å². The first-order chi connectivity index (χ1) is 10.1. The maximum Gasteiger partial charge on any atom is 0.179 e. The first-order valence-electron chi connectivity index (χ1n) is 8.30. The van der Waals surface area contributed by atoms with Gasteiger partial charge in [-0.1, -0.05) is 27.2 Å². The average molecular weight is 434 g/mol. The van der Waals surface area contributed by atoms with Crippen molar-refractivity contribution in [2.75, 3.05) is 26.4 Å². The molecule has 0 aliphatic carbocycles. The van der Waals surface area contributed by atoms with E-state index in [2.05, 4.69) is 6.92 Å². The van der Waals surface area contributed by atoms with Crippen LogP contribution in [0, 0.1) is 0 Å². The Kier molecular flexibility index (Phi) is 46.9. The molecule has 144 valence electrons. The molecular weight excluding hydrogens is 391 g/mol. The number of hydrogen-bond acceptors (Lipinski definition) is 5. The van der Waals surface area contributed by atoms with Crippen LogP contribution in [0.15, 0.2) is 0 Å². The summed E-state index contributed by atoms with van der Waals surface area (Å²) in [5.41, 5.74) is 0. The molecule has 0 heterocycles. The van der Waals surface area contributed by atoms with Crippen LogP contribution in [-0.2, 0) is 30.9 Å². The van der Waals surface area contributed by atoms with Gasteiger partial charge in [-0.05, 0) is 45.8 Å². The summed E-state index contributed by atoms with van der Waals surface area (Å²) in [6.07, 6.45) is 3.67. The van der Waals surface area contributed by atoms with Gasteiger partial charge in [-0.25, -0.2) is 0 Å². The number of aliphatic hydroxyl groups is 3. The van der Waals surface area contributed by atoms with Gasteiger partial charge in [0.2, 0.25) is 0 Å². The van der Waals surface area contributed by atoms with E-state index in [0.717, 1.165) is 32.3 Å². The fraction of sp³-hybridized carbons (Fsp3) is 1.00. The number of ether oxygens (including phenoxy) is 1. The number of unbranched alkanes of at least 4 members (excludes halogenated alkanes) is 1. The van der Waals surface area contributed by atoms with Gasteiger partial charge in [-0.3, -0.25) is 0 Å². The molecule has 5 nitrogen and oxygen atoms in total. The Hall–Kier alpha value is 0.900. The third kappa shape index (κ3) is 126. The molecule has 0 fully saturated rings. The molecule has 0 saturated carbocycles. The van der Waals surface area contributed by atoms with Gasteiger partial charge in [0.15, 0.2) is 8.32 Å².